The van der Waals surface area contributed by atoms with Gasteiger partial charge in [-0.05, 0) is 67.9 Å². The largest absolute Gasteiger partial charge is 0.481 e. The van der Waals surface area contributed by atoms with E-state index in [2.05, 4.69) is 20.3 Å². The van der Waals surface area contributed by atoms with Crippen LogP contribution in [0.15, 0.2) is 48.7 Å². The fourth-order valence-corrected chi connectivity index (χ4v) is 5.93. The predicted octanol–water partition coefficient (Wildman–Crippen LogP) is 6.01. The summed E-state index contributed by atoms with van der Waals surface area (Å²) in [6.07, 6.45) is 5.24. The molecule has 2 heterocycles. The first-order valence-electron chi connectivity index (χ1n) is 12.0. The molecule has 3 aliphatic carbocycles. The van der Waals surface area contributed by atoms with Crippen molar-refractivity contribution in [2.24, 2.45) is 17.8 Å². The number of hydrogen-bond donors (Lipinski definition) is 3. The summed E-state index contributed by atoms with van der Waals surface area (Å²) in [7, 11) is 0. The van der Waals surface area contributed by atoms with Crippen LogP contribution in [0.5, 0.6) is 0 Å². The Kier molecular flexibility index (Phi) is 5.43. The fraction of sp³-hybridized carbons (Fsp3) is 0.296. The Morgan fingerprint density at radius 1 is 0.944 bits per heavy atom. The minimum atomic E-state index is -0.822. The van der Waals surface area contributed by atoms with E-state index < -0.39 is 29.3 Å². The standard InChI is InChI=1S/C27H23F3N4O2/c28-16-7-5-13(6-8-16)21-11-22(33-24-15-3-1-14(2-4-15)23(24)27(35)36)34-26(32-21)19-12-31-25-18(19)9-17(29)10-20(25)30/h5-12,14-15,23-24,31H,1-4H2,(H,35,36)(H,32,33,34)/t14?,15?,23-,24-/m1/s1. The van der Waals surface area contributed by atoms with E-state index in [-0.39, 0.29) is 34.6 Å². The molecular weight excluding hydrogens is 469 g/mol. The third-order valence-corrected chi connectivity index (χ3v) is 7.63. The zero-order valence-electron chi connectivity index (χ0n) is 19.1. The maximum absolute atomic E-state index is 14.3. The number of nitrogens with one attached hydrogen (secondary N) is 2. The Balaban J connectivity index is 1.47. The van der Waals surface area contributed by atoms with Crippen molar-refractivity contribution in [3.8, 4) is 22.6 Å². The van der Waals surface area contributed by atoms with Crippen molar-refractivity contribution in [1.82, 2.24) is 15.0 Å². The van der Waals surface area contributed by atoms with Gasteiger partial charge in [-0.15, -0.1) is 0 Å². The van der Waals surface area contributed by atoms with Crippen LogP contribution in [0.25, 0.3) is 33.5 Å². The van der Waals surface area contributed by atoms with Crippen LogP contribution in [0, 0.1) is 35.2 Å². The number of hydrogen-bond acceptors (Lipinski definition) is 4. The van der Waals surface area contributed by atoms with Crippen molar-refractivity contribution < 1.29 is 23.1 Å². The lowest BCUT2D eigenvalue weighted by Crippen LogP contribution is -2.51. The summed E-state index contributed by atoms with van der Waals surface area (Å²) in [6, 6.07) is 9.24. The number of rotatable bonds is 5. The molecule has 0 saturated heterocycles. The molecule has 0 amide bonds. The van der Waals surface area contributed by atoms with Gasteiger partial charge in [-0.3, -0.25) is 4.79 Å². The normalized spacial score (nSPS) is 23.2. The Bertz CT molecular complexity index is 1460. The van der Waals surface area contributed by atoms with Crippen LogP contribution in [-0.4, -0.2) is 32.1 Å². The molecule has 0 spiro atoms. The molecule has 0 aliphatic heterocycles. The maximum atomic E-state index is 14.3. The lowest BCUT2D eigenvalue weighted by molar-refractivity contribution is -0.148. The third-order valence-electron chi connectivity index (χ3n) is 7.63. The van der Waals surface area contributed by atoms with Gasteiger partial charge in [-0.2, -0.15) is 0 Å². The molecule has 4 aromatic rings. The molecule has 2 aromatic heterocycles. The number of aromatic nitrogens is 3. The van der Waals surface area contributed by atoms with Crippen LogP contribution in [0.3, 0.4) is 0 Å². The Morgan fingerprint density at radius 3 is 2.39 bits per heavy atom. The zero-order chi connectivity index (χ0) is 25.0. The molecule has 3 N–H and O–H groups in total. The van der Waals surface area contributed by atoms with Crippen molar-refractivity contribution in [2.75, 3.05) is 5.32 Å². The number of carboxylic acids is 1. The molecule has 2 bridgehead atoms. The van der Waals surface area contributed by atoms with Crippen molar-refractivity contribution in [2.45, 2.75) is 31.7 Å². The number of aliphatic carboxylic acids is 1. The van der Waals surface area contributed by atoms with Gasteiger partial charge in [0.15, 0.2) is 5.82 Å². The van der Waals surface area contributed by atoms with Gasteiger partial charge < -0.3 is 15.4 Å². The SMILES string of the molecule is O=C(O)[C@@H]1C2CCC(CC2)[C@H]1Nc1cc(-c2ccc(F)cc2)nc(-c2c[nH]c3c(F)cc(F)cc23)n1. The molecule has 36 heavy (non-hydrogen) atoms. The monoisotopic (exact) mass is 492 g/mol. The maximum Gasteiger partial charge on any atom is 0.308 e. The van der Waals surface area contributed by atoms with Gasteiger partial charge in [0.2, 0.25) is 0 Å². The lowest BCUT2D eigenvalue weighted by atomic mass is 9.61. The minimum Gasteiger partial charge on any atom is -0.481 e. The fourth-order valence-electron chi connectivity index (χ4n) is 5.93. The quantitative estimate of drug-likeness (QED) is 0.317. The topological polar surface area (TPSA) is 90.9 Å². The molecule has 0 radical (unpaired) electrons. The molecule has 0 unspecified atom stereocenters. The summed E-state index contributed by atoms with van der Waals surface area (Å²) in [6.45, 7) is 0. The van der Waals surface area contributed by atoms with Gasteiger partial charge >= 0.3 is 5.97 Å². The molecular formula is C27H23F3N4O2. The molecule has 184 valence electrons. The van der Waals surface area contributed by atoms with E-state index in [9.17, 15) is 23.1 Å². The third kappa shape index (κ3) is 3.88. The molecule has 3 aliphatic rings. The van der Waals surface area contributed by atoms with Crippen molar-refractivity contribution in [1.29, 1.82) is 0 Å². The van der Waals surface area contributed by atoms with Crippen molar-refractivity contribution in [3.63, 3.8) is 0 Å². The first kappa shape index (κ1) is 22.6. The van der Waals surface area contributed by atoms with Crippen LogP contribution >= 0.6 is 0 Å². The van der Waals surface area contributed by atoms with E-state index in [4.69, 9.17) is 0 Å². The average Bonchev–Trinajstić information content (AvgIpc) is 3.29. The number of carboxylic acid groups (broad SMARTS) is 1. The van der Waals surface area contributed by atoms with E-state index in [1.807, 2.05) is 0 Å². The number of H-pyrrole nitrogens is 1. The Labute approximate surface area is 204 Å². The van der Waals surface area contributed by atoms with E-state index >= 15 is 0 Å². The summed E-state index contributed by atoms with van der Waals surface area (Å²) < 4.78 is 42.0. The molecule has 3 fully saturated rings. The molecule has 2 aromatic carbocycles. The first-order valence-corrected chi connectivity index (χ1v) is 12.0. The van der Waals surface area contributed by atoms with Gasteiger partial charge in [0.25, 0.3) is 0 Å². The minimum absolute atomic E-state index is 0.113. The Hall–Kier alpha value is -3.88. The van der Waals surface area contributed by atoms with Crippen molar-refractivity contribution in [3.05, 3.63) is 66.1 Å². The summed E-state index contributed by atoms with van der Waals surface area (Å²) in [5.41, 5.74) is 1.63. The summed E-state index contributed by atoms with van der Waals surface area (Å²) in [4.78, 5) is 24.2. The molecule has 2 atom stereocenters. The number of nitrogens with zero attached hydrogens (tertiary/aromatic N) is 2. The number of aromatic amines is 1. The molecule has 7 rings (SSSR count). The van der Waals surface area contributed by atoms with E-state index in [1.165, 1.54) is 24.4 Å². The Morgan fingerprint density at radius 2 is 1.67 bits per heavy atom. The van der Waals surface area contributed by atoms with Crippen LogP contribution in [0.4, 0.5) is 19.0 Å². The van der Waals surface area contributed by atoms with Crippen molar-refractivity contribution >= 4 is 22.7 Å². The average molecular weight is 493 g/mol. The van der Waals surface area contributed by atoms with E-state index in [0.717, 1.165) is 31.7 Å². The second kappa shape index (κ2) is 8.65. The molecule has 9 heteroatoms. The summed E-state index contributed by atoms with van der Waals surface area (Å²) in [5, 5.41) is 13.6. The summed E-state index contributed by atoms with van der Waals surface area (Å²) in [5.74, 6) is -2.25. The van der Waals surface area contributed by atoms with Gasteiger partial charge in [0.05, 0.1) is 17.1 Å². The number of anilines is 1. The number of benzene rings is 2. The number of carbonyl (C=O) groups is 1. The van der Waals surface area contributed by atoms with E-state index in [0.29, 0.717) is 22.6 Å². The zero-order valence-corrected chi connectivity index (χ0v) is 19.1. The first-order chi connectivity index (χ1) is 17.4. The van der Waals surface area contributed by atoms with Gasteiger partial charge in [-0.25, -0.2) is 23.1 Å². The predicted molar refractivity (Wildman–Crippen MR) is 129 cm³/mol. The van der Waals surface area contributed by atoms with E-state index in [1.54, 1.807) is 18.2 Å². The highest BCUT2D eigenvalue weighted by Crippen LogP contribution is 2.46. The van der Waals surface area contributed by atoms with Gasteiger partial charge in [0, 0.05) is 40.9 Å². The summed E-state index contributed by atoms with van der Waals surface area (Å²) >= 11 is 0. The van der Waals surface area contributed by atoms with Crippen LogP contribution < -0.4 is 5.32 Å². The second-order valence-electron chi connectivity index (χ2n) is 9.69. The number of fused-ring (bicyclic) bond motifs is 4. The highest BCUT2D eigenvalue weighted by atomic mass is 19.1. The highest BCUT2D eigenvalue weighted by Gasteiger charge is 2.47. The lowest BCUT2D eigenvalue weighted by Gasteiger charge is -2.47. The van der Waals surface area contributed by atoms with Crippen LogP contribution in [-0.2, 0) is 4.79 Å². The van der Waals surface area contributed by atoms with Gasteiger partial charge in [0.1, 0.15) is 23.3 Å². The second-order valence-corrected chi connectivity index (χ2v) is 9.69. The highest BCUT2D eigenvalue weighted by molar-refractivity contribution is 5.94. The smallest absolute Gasteiger partial charge is 0.308 e. The molecule has 6 nitrogen and oxygen atoms in total. The van der Waals surface area contributed by atoms with Crippen LogP contribution in [0.1, 0.15) is 25.7 Å². The van der Waals surface area contributed by atoms with Crippen LogP contribution in [0.2, 0.25) is 0 Å². The number of halogens is 3. The van der Waals surface area contributed by atoms with Gasteiger partial charge in [-0.1, -0.05) is 0 Å². The molecule has 3 saturated carbocycles.